The lowest BCUT2D eigenvalue weighted by Crippen LogP contribution is -2.37. The lowest BCUT2D eigenvalue weighted by Gasteiger charge is -2.28. The second-order valence-corrected chi connectivity index (χ2v) is 7.63. The summed E-state index contributed by atoms with van der Waals surface area (Å²) in [5.74, 6) is -0.390. The highest BCUT2D eigenvalue weighted by atomic mass is 32.2. The zero-order valence-corrected chi connectivity index (χ0v) is 12.4. The highest BCUT2D eigenvalue weighted by Crippen LogP contribution is 2.44. The molecule has 0 N–H and O–H groups in total. The van der Waals surface area contributed by atoms with Gasteiger partial charge < -0.3 is 0 Å². The maximum Gasteiger partial charge on any atom is 0.202 e. The summed E-state index contributed by atoms with van der Waals surface area (Å²) in [7, 11) is -3.68. The smallest absolute Gasteiger partial charge is 0.202 e. The molecule has 1 fully saturated rings. The van der Waals surface area contributed by atoms with Crippen LogP contribution in [0.5, 0.6) is 0 Å². The quantitative estimate of drug-likeness (QED) is 0.787. The van der Waals surface area contributed by atoms with E-state index >= 15 is 0 Å². The van der Waals surface area contributed by atoms with Crippen molar-refractivity contribution in [3.8, 4) is 0 Å². The molecule has 0 bridgehead atoms. The lowest BCUT2D eigenvalue weighted by molar-refractivity contribution is -0.138. The van der Waals surface area contributed by atoms with Crippen molar-refractivity contribution < 1.29 is 18.0 Å². The van der Waals surface area contributed by atoms with E-state index in [1.54, 1.807) is 18.2 Å². The van der Waals surface area contributed by atoms with Gasteiger partial charge in [-0.2, -0.15) is 0 Å². The summed E-state index contributed by atoms with van der Waals surface area (Å²) in [6, 6.07) is 8.04. The van der Waals surface area contributed by atoms with E-state index in [-0.39, 0.29) is 27.8 Å². The second kappa shape index (κ2) is 4.91. The minimum Gasteiger partial charge on any atom is -0.298 e. The Morgan fingerprint density at radius 3 is 2.33 bits per heavy atom. The Hall–Kier alpha value is -1.75. The number of ketones is 2. The van der Waals surface area contributed by atoms with Gasteiger partial charge in [-0.05, 0) is 31.1 Å². The van der Waals surface area contributed by atoms with Crippen molar-refractivity contribution in [2.24, 2.45) is 5.41 Å². The summed E-state index contributed by atoms with van der Waals surface area (Å²) in [5.41, 5.74) is -1.17. The van der Waals surface area contributed by atoms with Crippen LogP contribution in [0.3, 0.4) is 0 Å². The monoisotopic (exact) mass is 304 g/mol. The van der Waals surface area contributed by atoms with E-state index in [1.807, 2.05) is 0 Å². The first-order chi connectivity index (χ1) is 9.97. The standard InChI is InChI=1S/C16H16O4S/c17-14-8-4-5-9-16(14)11-13(10-15(16)18)21(19,20)12-6-2-1-3-7-12/h1-3,6-7,11H,4-5,8-10H2. The Balaban J connectivity index is 2.05. The molecule has 3 rings (SSSR count). The third kappa shape index (κ3) is 2.16. The SMILES string of the molecule is O=C1CCCCC12C=C(S(=O)(=O)c1ccccc1)CC2=O. The molecular formula is C16H16O4S. The number of carbonyl (C=O) groups is 2. The van der Waals surface area contributed by atoms with Crippen LogP contribution in [0, 0.1) is 5.41 Å². The number of hydrogen-bond acceptors (Lipinski definition) is 4. The topological polar surface area (TPSA) is 68.3 Å². The highest BCUT2D eigenvalue weighted by Gasteiger charge is 2.50. The van der Waals surface area contributed by atoms with Crippen molar-refractivity contribution in [3.63, 3.8) is 0 Å². The molecule has 1 aromatic rings. The maximum absolute atomic E-state index is 12.6. The van der Waals surface area contributed by atoms with Crippen molar-refractivity contribution in [1.82, 2.24) is 0 Å². The molecule has 110 valence electrons. The molecule has 4 nitrogen and oxygen atoms in total. The van der Waals surface area contributed by atoms with E-state index in [9.17, 15) is 18.0 Å². The minimum atomic E-state index is -3.68. The molecule has 0 saturated heterocycles. The van der Waals surface area contributed by atoms with Gasteiger partial charge in [0.05, 0.1) is 9.80 Å². The summed E-state index contributed by atoms with van der Waals surface area (Å²) >= 11 is 0. The Bertz CT molecular complexity index is 731. The molecule has 0 radical (unpaired) electrons. The molecular weight excluding hydrogens is 288 g/mol. The van der Waals surface area contributed by atoms with Crippen LogP contribution in [0.4, 0.5) is 0 Å². The van der Waals surface area contributed by atoms with Crippen molar-refractivity contribution >= 4 is 21.4 Å². The predicted octanol–water partition coefficient (Wildman–Crippen LogP) is 2.45. The third-order valence-corrected chi connectivity index (χ3v) is 6.21. The minimum absolute atomic E-state index is 0.0777. The van der Waals surface area contributed by atoms with Crippen LogP contribution < -0.4 is 0 Å². The van der Waals surface area contributed by atoms with Crippen molar-refractivity contribution in [2.45, 2.75) is 37.0 Å². The summed E-state index contributed by atoms with van der Waals surface area (Å²) in [5, 5.41) is 0. The van der Waals surface area contributed by atoms with Gasteiger partial charge >= 0.3 is 0 Å². The Labute approximate surface area is 123 Å². The molecule has 1 atom stereocenters. The number of sulfone groups is 1. The van der Waals surface area contributed by atoms with Gasteiger partial charge in [0.25, 0.3) is 0 Å². The van der Waals surface area contributed by atoms with Gasteiger partial charge in [-0.3, -0.25) is 9.59 Å². The molecule has 1 saturated carbocycles. The average molecular weight is 304 g/mol. The first-order valence-electron chi connectivity index (χ1n) is 7.05. The molecule has 1 unspecified atom stereocenters. The summed E-state index contributed by atoms with van der Waals surface area (Å²) in [6.07, 6.45) is 3.64. The molecule has 5 heteroatoms. The first-order valence-corrected chi connectivity index (χ1v) is 8.54. The van der Waals surface area contributed by atoms with Crippen molar-refractivity contribution in [3.05, 3.63) is 41.3 Å². The number of rotatable bonds is 2. The van der Waals surface area contributed by atoms with Crippen LogP contribution in [0.2, 0.25) is 0 Å². The Kier molecular flexibility index (Phi) is 3.32. The fourth-order valence-electron chi connectivity index (χ4n) is 3.15. The normalized spacial score (nSPS) is 26.2. The predicted molar refractivity (Wildman–Crippen MR) is 77.2 cm³/mol. The van der Waals surface area contributed by atoms with Gasteiger partial charge in [0.2, 0.25) is 9.84 Å². The molecule has 0 amide bonds. The Morgan fingerprint density at radius 2 is 1.67 bits per heavy atom. The zero-order valence-electron chi connectivity index (χ0n) is 11.5. The van der Waals surface area contributed by atoms with Crippen LogP contribution in [-0.4, -0.2) is 20.0 Å². The third-order valence-electron chi connectivity index (χ3n) is 4.36. The number of hydrogen-bond donors (Lipinski definition) is 0. The van der Waals surface area contributed by atoms with E-state index in [4.69, 9.17) is 0 Å². The number of carbonyl (C=O) groups excluding carboxylic acids is 2. The van der Waals surface area contributed by atoms with Crippen molar-refractivity contribution in [1.29, 1.82) is 0 Å². The van der Waals surface area contributed by atoms with Gasteiger partial charge in [-0.15, -0.1) is 0 Å². The van der Waals surface area contributed by atoms with Crippen LogP contribution in [0.25, 0.3) is 0 Å². The number of benzene rings is 1. The molecule has 21 heavy (non-hydrogen) atoms. The number of allylic oxidation sites excluding steroid dienone is 2. The van der Waals surface area contributed by atoms with E-state index in [1.165, 1.54) is 18.2 Å². The van der Waals surface area contributed by atoms with Crippen LogP contribution >= 0.6 is 0 Å². The summed E-state index contributed by atoms with van der Waals surface area (Å²) in [4.78, 5) is 24.7. The summed E-state index contributed by atoms with van der Waals surface area (Å²) in [6.45, 7) is 0. The maximum atomic E-state index is 12.6. The van der Waals surface area contributed by atoms with Gasteiger partial charge in [0.15, 0.2) is 5.78 Å². The average Bonchev–Trinajstić information content (AvgIpc) is 2.82. The molecule has 2 aliphatic carbocycles. The van der Waals surface area contributed by atoms with E-state index in [2.05, 4.69) is 0 Å². The van der Waals surface area contributed by atoms with E-state index < -0.39 is 15.3 Å². The molecule has 1 aromatic carbocycles. The molecule has 1 spiro atoms. The molecule has 2 aliphatic rings. The van der Waals surface area contributed by atoms with Crippen LogP contribution in [0.15, 0.2) is 46.2 Å². The molecule has 0 heterocycles. The second-order valence-electron chi connectivity index (χ2n) is 5.63. The van der Waals surface area contributed by atoms with Crippen LogP contribution in [-0.2, 0) is 19.4 Å². The number of Topliss-reactive ketones (excluding diaryl/α,β-unsaturated/α-hetero) is 2. The van der Waals surface area contributed by atoms with E-state index in [0.717, 1.165) is 12.8 Å². The summed E-state index contributed by atoms with van der Waals surface area (Å²) < 4.78 is 25.2. The fraction of sp³-hybridized carbons (Fsp3) is 0.375. The molecule has 0 aromatic heterocycles. The highest BCUT2D eigenvalue weighted by molar-refractivity contribution is 7.95. The van der Waals surface area contributed by atoms with Crippen LogP contribution in [0.1, 0.15) is 32.1 Å². The lowest BCUT2D eigenvalue weighted by atomic mass is 9.72. The van der Waals surface area contributed by atoms with Gasteiger partial charge in [-0.1, -0.05) is 24.6 Å². The molecule has 0 aliphatic heterocycles. The van der Waals surface area contributed by atoms with Gasteiger partial charge in [0, 0.05) is 12.8 Å². The Morgan fingerprint density at radius 1 is 0.952 bits per heavy atom. The van der Waals surface area contributed by atoms with Gasteiger partial charge in [-0.25, -0.2) is 8.42 Å². The van der Waals surface area contributed by atoms with Gasteiger partial charge in [0.1, 0.15) is 11.2 Å². The largest absolute Gasteiger partial charge is 0.298 e. The first kappa shape index (κ1) is 14.2. The fourth-order valence-corrected chi connectivity index (χ4v) is 4.64. The van der Waals surface area contributed by atoms with E-state index in [0.29, 0.717) is 12.8 Å². The zero-order chi connectivity index (χ0) is 15.1. The van der Waals surface area contributed by atoms with Crippen molar-refractivity contribution in [2.75, 3.05) is 0 Å².